The highest BCUT2D eigenvalue weighted by atomic mass is 32.1. The van der Waals surface area contributed by atoms with E-state index in [4.69, 9.17) is 5.11 Å². The van der Waals surface area contributed by atoms with E-state index < -0.39 is 5.97 Å². The second kappa shape index (κ2) is 5.47. The zero-order valence-electron chi connectivity index (χ0n) is 8.45. The smallest absolute Gasteiger partial charge is 0.335 e. The van der Waals surface area contributed by atoms with Crippen molar-refractivity contribution in [2.45, 2.75) is 13.3 Å². The summed E-state index contributed by atoms with van der Waals surface area (Å²) in [6.07, 6.45) is 0.739. The topological polar surface area (TPSA) is 37.3 Å². The number of thiol groups is 1. The van der Waals surface area contributed by atoms with Gasteiger partial charge < -0.3 is 5.11 Å². The van der Waals surface area contributed by atoms with Gasteiger partial charge in [0.1, 0.15) is 0 Å². The van der Waals surface area contributed by atoms with E-state index in [0.29, 0.717) is 5.56 Å². The largest absolute Gasteiger partial charge is 0.478 e. The molecule has 0 atom stereocenters. The van der Waals surface area contributed by atoms with Gasteiger partial charge in [-0.3, -0.25) is 0 Å². The van der Waals surface area contributed by atoms with E-state index in [9.17, 15) is 4.79 Å². The first-order valence-corrected chi connectivity index (χ1v) is 5.22. The summed E-state index contributed by atoms with van der Waals surface area (Å²) < 4.78 is 0. The number of aryl methyl sites for hydroxylation is 1. The zero-order chi connectivity index (χ0) is 11.3. The molecule has 0 aliphatic rings. The number of rotatable bonds is 2. The molecular weight excluding hydrogens is 208 g/mol. The zero-order valence-corrected chi connectivity index (χ0v) is 9.34. The van der Waals surface area contributed by atoms with Crippen LogP contribution in [0.3, 0.4) is 0 Å². The van der Waals surface area contributed by atoms with Crippen molar-refractivity contribution < 1.29 is 9.90 Å². The van der Waals surface area contributed by atoms with Crippen molar-refractivity contribution in [2.24, 2.45) is 0 Å². The molecule has 15 heavy (non-hydrogen) atoms. The summed E-state index contributed by atoms with van der Waals surface area (Å²) in [7, 11) is 0. The van der Waals surface area contributed by atoms with Gasteiger partial charge >= 0.3 is 5.97 Å². The molecule has 0 aliphatic carbocycles. The Balaban J connectivity index is 2.93. The van der Waals surface area contributed by atoms with Crippen LogP contribution in [0.5, 0.6) is 0 Å². The Bertz CT molecular complexity index is 427. The lowest BCUT2D eigenvalue weighted by molar-refractivity contribution is 0.0696. The number of benzene rings is 1. The molecule has 1 aromatic rings. The monoisotopic (exact) mass is 220 g/mol. The summed E-state index contributed by atoms with van der Waals surface area (Å²) >= 11 is 4.05. The second-order valence-electron chi connectivity index (χ2n) is 3.11. The minimum atomic E-state index is -0.901. The fraction of sp³-hybridized carbons (Fsp3) is 0.250. The Kier molecular flexibility index (Phi) is 4.26. The van der Waals surface area contributed by atoms with Crippen LogP contribution in [-0.4, -0.2) is 16.8 Å². The maximum atomic E-state index is 10.7. The third-order valence-electron chi connectivity index (χ3n) is 1.93. The van der Waals surface area contributed by atoms with Gasteiger partial charge in [0.15, 0.2) is 0 Å². The van der Waals surface area contributed by atoms with Crippen LogP contribution < -0.4 is 0 Å². The van der Waals surface area contributed by atoms with Crippen LogP contribution in [0.1, 0.15) is 27.9 Å². The molecule has 0 heterocycles. The second-order valence-corrected chi connectivity index (χ2v) is 3.56. The minimum absolute atomic E-state index is 0.328. The average molecular weight is 220 g/mol. The van der Waals surface area contributed by atoms with E-state index in [1.165, 1.54) is 0 Å². The number of carboxylic acids is 1. The molecule has 0 saturated heterocycles. The molecule has 0 unspecified atom stereocenters. The summed E-state index contributed by atoms with van der Waals surface area (Å²) in [5.41, 5.74) is 1.91. The predicted molar refractivity (Wildman–Crippen MR) is 63.5 cm³/mol. The van der Waals surface area contributed by atoms with Gasteiger partial charge in [0, 0.05) is 17.7 Å². The molecule has 0 saturated carbocycles. The lowest BCUT2D eigenvalue weighted by Crippen LogP contribution is -1.99. The fourth-order valence-electron chi connectivity index (χ4n) is 1.20. The molecule has 0 bridgehead atoms. The van der Waals surface area contributed by atoms with Crippen LogP contribution >= 0.6 is 12.6 Å². The third kappa shape index (κ3) is 3.34. The summed E-state index contributed by atoms with van der Waals surface area (Å²) in [6.45, 7) is 1.77. The van der Waals surface area contributed by atoms with Crippen molar-refractivity contribution in [3.63, 3.8) is 0 Å². The quantitative estimate of drug-likeness (QED) is 0.593. The molecule has 1 rings (SSSR count). The first-order valence-electron chi connectivity index (χ1n) is 4.59. The van der Waals surface area contributed by atoms with Gasteiger partial charge in [0.2, 0.25) is 0 Å². The Labute approximate surface area is 94.7 Å². The predicted octanol–water partition coefficient (Wildman–Crippen LogP) is 2.36. The molecule has 78 valence electrons. The molecule has 0 radical (unpaired) electrons. The van der Waals surface area contributed by atoms with E-state index in [0.717, 1.165) is 23.3 Å². The van der Waals surface area contributed by atoms with Crippen LogP contribution in [0.4, 0.5) is 0 Å². The van der Waals surface area contributed by atoms with Crippen molar-refractivity contribution in [1.82, 2.24) is 0 Å². The number of carbonyl (C=O) groups is 1. The van der Waals surface area contributed by atoms with Crippen LogP contribution in [0.25, 0.3) is 0 Å². The summed E-state index contributed by atoms with van der Waals surface area (Å²) in [5, 5.41) is 8.82. The Morgan fingerprint density at radius 2 is 2.27 bits per heavy atom. The Morgan fingerprint density at radius 3 is 2.80 bits per heavy atom. The molecular formula is C12H12O2S. The maximum Gasteiger partial charge on any atom is 0.335 e. The molecule has 0 fully saturated rings. The standard InChI is InChI=1S/C12H12O2S/c1-9-8-10(4-2-3-7-15)5-6-11(9)12(13)14/h5-6,8,15H,3,7H2,1H3,(H,13,14). The molecule has 1 aromatic carbocycles. The fourth-order valence-corrected chi connectivity index (χ4v) is 1.31. The summed E-state index contributed by atoms with van der Waals surface area (Å²) in [4.78, 5) is 10.7. The van der Waals surface area contributed by atoms with Crippen molar-refractivity contribution in [3.8, 4) is 11.8 Å². The summed E-state index contributed by atoms with van der Waals surface area (Å²) in [5.74, 6) is 5.75. The van der Waals surface area contributed by atoms with Gasteiger partial charge in [0.25, 0.3) is 0 Å². The summed E-state index contributed by atoms with van der Waals surface area (Å²) in [6, 6.07) is 5.10. The molecule has 0 aromatic heterocycles. The molecule has 0 amide bonds. The lowest BCUT2D eigenvalue weighted by Gasteiger charge is -2.00. The molecule has 1 N–H and O–H groups in total. The normalized spacial score (nSPS) is 9.20. The highest BCUT2D eigenvalue weighted by Gasteiger charge is 2.05. The molecule has 0 aliphatic heterocycles. The van der Waals surface area contributed by atoms with Gasteiger partial charge in [-0.05, 0) is 30.7 Å². The van der Waals surface area contributed by atoms with E-state index in [1.807, 2.05) is 0 Å². The van der Waals surface area contributed by atoms with Crippen LogP contribution in [0, 0.1) is 18.8 Å². The minimum Gasteiger partial charge on any atom is -0.478 e. The van der Waals surface area contributed by atoms with Gasteiger partial charge in [-0.1, -0.05) is 11.8 Å². The number of hydrogen-bond acceptors (Lipinski definition) is 2. The van der Waals surface area contributed by atoms with Crippen LogP contribution in [-0.2, 0) is 0 Å². The van der Waals surface area contributed by atoms with Gasteiger partial charge in [-0.25, -0.2) is 4.79 Å². The van der Waals surface area contributed by atoms with Gasteiger partial charge in [-0.15, -0.1) is 0 Å². The first-order chi connectivity index (χ1) is 7.15. The average Bonchev–Trinajstić information content (AvgIpc) is 2.17. The highest BCUT2D eigenvalue weighted by Crippen LogP contribution is 2.10. The molecule has 0 spiro atoms. The van der Waals surface area contributed by atoms with Crippen molar-refractivity contribution >= 4 is 18.6 Å². The van der Waals surface area contributed by atoms with Crippen molar-refractivity contribution in [2.75, 3.05) is 5.75 Å². The SMILES string of the molecule is Cc1cc(C#CCCS)ccc1C(=O)O. The number of hydrogen-bond donors (Lipinski definition) is 2. The first kappa shape index (κ1) is 11.7. The van der Waals surface area contributed by atoms with Crippen LogP contribution in [0.2, 0.25) is 0 Å². The van der Waals surface area contributed by atoms with E-state index >= 15 is 0 Å². The van der Waals surface area contributed by atoms with Crippen LogP contribution in [0.15, 0.2) is 18.2 Å². The third-order valence-corrected chi connectivity index (χ3v) is 2.15. The van der Waals surface area contributed by atoms with Gasteiger partial charge in [-0.2, -0.15) is 12.6 Å². The number of carboxylic acid groups (broad SMARTS) is 1. The Morgan fingerprint density at radius 1 is 1.53 bits per heavy atom. The highest BCUT2D eigenvalue weighted by molar-refractivity contribution is 7.80. The van der Waals surface area contributed by atoms with E-state index in [2.05, 4.69) is 24.5 Å². The van der Waals surface area contributed by atoms with E-state index in [-0.39, 0.29) is 0 Å². The van der Waals surface area contributed by atoms with E-state index in [1.54, 1.807) is 25.1 Å². The maximum absolute atomic E-state index is 10.7. The number of aromatic carboxylic acids is 1. The lowest BCUT2D eigenvalue weighted by atomic mass is 10.1. The Hall–Kier alpha value is -1.40. The van der Waals surface area contributed by atoms with Crippen molar-refractivity contribution in [3.05, 3.63) is 34.9 Å². The molecule has 2 nitrogen and oxygen atoms in total. The van der Waals surface area contributed by atoms with Crippen molar-refractivity contribution in [1.29, 1.82) is 0 Å². The molecule has 3 heteroatoms. The van der Waals surface area contributed by atoms with Gasteiger partial charge in [0.05, 0.1) is 5.56 Å².